The Kier molecular flexibility index (Phi) is 6.55. The van der Waals surface area contributed by atoms with Crippen LogP contribution in [0.2, 0.25) is 0 Å². The Morgan fingerprint density at radius 3 is 2.27 bits per heavy atom. The predicted molar refractivity (Wildman–Crippen MR) is 78.1 cm³/mol. The van der Waals surface area contributed by atoms with Gasteiger partial charge in [-0.1, -0.05) is 0 Å². The van der Waals surface area contributed by atoms with Gasteiger partial charge in [0.25, 0.3) is 5.69 Å². The monoisotopic (exact) mass is 308 g/mol. The van der Waals surface area contributed by atoms with Crippen molar-refractivity contribution in [3.8, 4) is 0 Å². The van der Waals surface area contributed by atoms with Crippen molar-refractivity contribution in [2.45, 2.75) is 13.8 Å². The van der Waals surface area contributed by atoms with Gasteiger partial charge in [0.2, 0.25) is 0 Å². The summed E-state index contributed by atoms with van der Waals surface area (Å²) in [5.41, 5.74) is 0.195. The molecule has 0 saturated heterocycles. The topological polar surface area (TPSA) is 108 Å². The first-order valence-corrected chi connectivity index (χ1v) is 6.55. The minimum atomic E-state index is -0.728. The van der Waals surface area contributed by atoms with Crippen molar-refractivity contribution in [1.29, 1.82) is 0 Å². The molecule has 0 bridgehead atoms. The Bertz CT molecular complexity index is 580. The summed E-state index contributed by atoms with van der Waals surface area (Å²) in [4.78, 5) is 33.3. The van der Waals surface area contributed by atoms with Gasteiger partial charge in [-0.15, -0.1) is 0 Å². The predicted octanol–water partition coefficient (Wildman–Crippen LogP) is 2.02. The fourth-order valence-corrected chi connectivity index (χ4v) is 1.48. The molecule has 0 spiro atoms. The maximum atomic E-state index is 11.8. The summed E-state index contributed by atoms with van der Waals surface area (Å²) in [5, 5.41) is 13.3. The molecular weight excluding hydrogens is 292 g/mol. The van der Waals surface area contributed by atoms with Crippen LogP contribution >= 0.6 is 0 Å². The zero-order valence-electron chi connectivity index (χ0n) is 12.2. The number of benzene rings is 1. The molecule has 0 radical (unpaired) electrons. The maximum Gasteiger partial charge on any atom is 0.355 e. The van der Waals surface area contributed by atoms with Crippen molar-refractivity contribution >= 4 is 23.3 Å². The molecule has 1 aromatic carbocycles. The number of anilines is 1. The highest BCUT2D eigenvalue weighted by atomic mass is 16.6. The number of nitro groups is 1. The van der Waals surface area contributed by atoms with Gasteiger partial charge in [0, 0.05) is 17.8 Å². The molecule has 0 amide bonds. The standard InChI is InChI=1S/C14H16N2O6/c1-3-21-13(17)9-12(14(18)22-4-2)15-10-5-7-11(8-6-10)16(19)20/h5-9,15H,3-4H2,1-2H3. The van der Waals surface area contributed by atoms with Crippen molar-refractivity contribution in [1.82, 2.24) is 0 Å². The minimum Gasteiger partial charge on any atom is -0.463 e. The van der Waals surface area contributed by atoms with E-state index in [1.165, 1.54) is 24.3 Å². The number of rotatable bonds is 7. The van der Waals surface area contributed by atoms with Gasteiger partial charge in [0.15, 0.2) is 0 Å². The molecule has 0 fully saturated rings. The van der Waals surface area contributed by atoms with Gasteiger partial charge in [-0.25, -0.2) is 9.59 Å². The second kappa shape index (κ2) is 8.40. The first kappa shape index (κ1) is 17.2. The third-order valence-corrected chi connectivity index (χ3v) is 2.40. The van der Waals surface area contributed by atoms with Gasteiger partial charge in [-0.3, -0.25) is 10.1 Å². The average molecular weight is 308 g/mol. The van der Waals surface area contributed by atoms with Gasteiger partial charge in [0.05, 0.1) is 24.2 Å². The van der Waals surface area contributed by atoms with E-state index in [2.05, 4.69) is 5.32 Å². The summed E-state index contributed by atoms with van der Waals surface area (Å²) in [5.74, 6) is -1.42. The zero-order chi connectivity index (χ0) is 16.5. The summed E-state index contributed by atoms with van der Waals surface area (Å²) >= 11 is 0. The molecular formula is C14H16N2O6. The second-order valence-corrected chi connectivity index (χ2v) is 3.96. The highest BCUT2D eigenvalue weighted by Gasteiger charge is 2.14. The van der Waals surface area contributed by atoms with E-state index in [-0.39, 0.29) is 24.6 Å². The first-order valence-electron chi connectivity index (χ1n) is 6.55. The number of esters is 2. The summed E-state index contributed by atoms with van der Waals surface area (Å²) in [6.45, 7) is 3.58. The van der Waals surface area contributed by atoms with Crippen LogP contribution in [-0.2, 0) is 19.1 Å². The molecule has 0 aliphatic rings. The van der Waals surface area contributed by atoms with Crippen molar-refractivity contribution in [2.75, 3.05) is 18.5 Å². The Balaban J connectivity index is 2.94. The van der Waals surface area contributed by atoms with Crippen LogP contribution in [0.15, 0.2) is 36.0 Å². The molecule has 0 aliphatic heterocycles. The lowest BCUT2D eigenvalue weighted by Gasteiger charge is -2.10. The van der Waals surface area contributed by atoms with Gasteiger partial charge in [0.1, 0.15) is 5.70 Å². The Morgan fingerprint density at radius 1 is 1.18 bits per heavy atom. The van der Waals surface area contributed by atoms with Crippen LogP contribution in [0.3, 0.4) is 0 Å². The number of carbonyl (C=O) groups excluding carboxylic acids is 2. The average Bonchev–Trinajstić information content (AvgIpc) is 2.47. The summed E-state index contributed by atoms with van der Waals surface area (Å²) < 4.78 is 9.57. The fraction of sp³-hybridized carbons (Fsp3) is 0.286. The highest BCUT2D eigenvalue weighted by molar-refractivity contribution is 5.98. The van der Waals surface area contributed by atoms with Crippen molar-refractivity contribution in [3.05, 3.63) is 46.2 Å². The van der Waals surface area contributed by atoms with Crippen LogP contribution < -0.4 is 5.32 Å². The number of nitro benzene ring substituents is 1. The molecule has 0 unspecified atom stereocenters. The molecule has 1 rings (SSSR count). The molecule has 8 heteroatoms. The first-order chi connectivity index (χ1) is 10.5. The summed E-state index contributed by atoms with van der Waals surface area (Å²) in [6.07, 6.45) is 0.975. The van der Waals surface area contributed by atoms with Gasteiger partial charge in [-0.2, -0.15) is 0 Å². The quantitative estimate of drug-likeness (QED) is 0.355. The van der Waals surface area contributed by atoms with Gasteiger partial charge >= 0.3 is 11.9 Å². The van der Waals surface area contributed by atoms with E-state index in [1.54, 1.807) is 13.8 Å². The van der Waals surface area contributed by atoms with E-state index in [1.807, 2.05) is 0 Å². The molecule has 118 valence electrons. The van der Waals surface area contributed by atoms with Crippen LogP contribution in [-0.4, -0.2) is 30.1 Å². The molecule has 0 saturated carbocycles. The van der Waals surface area contributed by atoms with E-state index in [0.29, 0.717) is 5.69 Å². The van der Waals surface area contributed by atoms with E-state index in [4.69, 9.17) is 9.47 Å². The van der Waals surface area contributed by atoms with Crippen LogP contribution in [0.25, 0.3) is 0 Å². The lowest BCUT2D eigenvalue weighted by Crippen LogP contribution is -2.17. The lowest BCUT2D eigenvalue weighted by atomic mass is 10.2. The van der Waals surface area contributed by atoms with Crippen molar-refractivity contribution in [2.24, 2.45) is 0 Å². The Labute approximate surface area is 126 Å². The molecule has 22 heavy (non-hydrogen) atoms. The van der Waals surface area contributed by atoms with Crippen molar-refractivity contribution < 1.29 is 24.0 Å². The number of nitrogens with zero attached hydrogens (tertiary/aromatic N) is 1. The largest absolute Gasteiger partial charge is 0.463 e. The number of ether oxygens (including phenoxy) is 2. The molecule has 1 aromatic rings. The maximum absolute atomic E-state index is 11.8. The summed E-state index contributed by atoms with van der Waals surface area (Å²) in [6, 6.07) is 5.37. The van der Waals surface area contributed by atoms with E-state index < -0.39 is 16.9 Å². The molecule has 0 aromatic heterocycles. The fourth-order valence-electron chi connectivity index (χ4n) is 1.48. The molecule has 0 aliphatic carbocycles. The molecule has 1 N–H and O–H groups in total. The number of hydrogen-bond donors (Lipinski definition) is 1. The second-order valence-electron chi connectivity index (χ2n) is 3.96. The smallest absolute Gasteiger partial charge is 0.355 e. The van der Waals surface area contributed by atoms with Crippen LogP contribution in [0.1, 0.15) is 13.8 Å². The number of carbonyl (C=O) groups is 2. The van der Waals surface area contributed by atoms with E-state index in [9.17, 15) is 19.7 Å². The number of nitrogens with one attached hydrogen (secondary N) is 1. The van der Waals surface area contributed by atoms with E-state index >= 15 is 0 Å². The van der Waals surface area contributed by atoms with E-state index in [0.717, 1.165) is 6.08 Å². The number of hydrogen-bond acceptors (Lipinski definition) is 7. The van der Waals surface area contributed by atoms with Gasteiger partial charge < -0.3 is 14.8 Å². The lowest BCUT2D eigenvalue weighted by molar-refractivity contribution is -0.384. The normalized spacial score (nSPS) is 10.7. The third kappa shape index (κ3) is 5.23. The third-order valence-electron chi connectivity index (χ3n) is 2.40. The van der Waals surface area contributed by atoms with Crippen molar-refractivity contribution in [3.63, 3.8) is 0 Å². The van der Waals surface area contributed by atoms with Crippen LogP contribution in [0, 0.1) is 10.1 Å². The molecule has 0 atom stereocenters. The van der Waals surface area contributed by atoms with Gasteiger partial charge in [-0.05, 0) is 26.0 Å². The molecule has 8 nitrogen and oxygen atoms in total. The SMILES string of the molecule is CCOC(=O)C=C(Nc1ccc([N+](=O)[O-])cc1)C(=O)OCC. The zero-order valence-corrected chi connectivity index (χ0v) is 12.2. The Hall–Kier alpha value is -2.90. The highest BCUT2D eigenvalue weighted by Crippen LogP contribution is 2.17. The Morgan fingerprint density at radius 2 is 1.77 bits per heavy atom. The summed E-state index contributed by atoms with van der Waals surface area (Å²) in [7, 11) is 0. The molecule has 0 heterocycles. The number of non-ortho nitro benzene ring substituents is 1. The van der Waals surface area contributed by atoms with Crippen LogP contribution in [0.4, 0.5) is 11.4 Å². The van der Waals surface area contributed by atoms with Crippen LogP contribution in [0.5, 0.6) is 0 Å². The minimum absolute atomic E-state index is 0.0855.